The van der Waals surface area contributed by atoms with Gasteiger partial charge in [-0.2, -0.15) is 0 Å². The molecular weight excluding hydrogens is 852 g/mol. The average molecular weight is 912 g/mol. The van der Waals surface area contributed by atoms with Crippen molar-refractivity contribution in [3.05, 3.63) is 171 Å². The molecule has 64 heavy (non-hydrogen) atoms. The van der Waals surface area contributed by atoms with Gasteiger partial charge in [-0.05, 0) is 96.4 Å². The zero-order valence-corrected chi connectivity index (χ0v) is 41.4. The summed E-state index contributed by atoms with van der Waals surface area (Å²) in [6.45, 7) is 24.4. The van der Waals surface area contributed by atoms with Crippen LogP contribution in [-0.2, 0) is 36.5 Å². The number of carbonyl (C=O) groups is 1. The molecule has 9 nitrogen and oxygen atoms in total. The van der Waals surface area contributed by atoms with E-state index in [2.05, 4.69) is 118 Å². The summed E-state index contributed by atoms with van der Waals surface area (Å²) in [5.41, 5.74) is 6.03. The first-order valence-corrected chi connectivity index (χ1v) is 28.2. The molecule has 1 unspecified atom stereocenters. The first kappa shape index (κ1) is 45.1. The second kappa shape index (κ2) is 17.2. The standard InChI is InChI=1S/C52H59ClN4O5Si2/c1-50(2,3)63(7,8)61-45-26-25-41-48(39(45)31-56-44-24-14-11-19-35(44)32-57(33-36-20-15-17-27-54-36)34-37-21-16-18-28-55-37)59-46-30-47(62-64(9,10)51(4,5)6)43(53)29-42(46)52(41)40-23-13-12-22-38(40)49(58)60-52/h11-30,56H,31-34H2,1-10H3. The largest absolute Gasteiger partial charge is 0.543 e. The second-order valence-electron chi connectivity index (χ2n) is 19.9. The van der Waals surface area contributed by atoms with Crippen molar-refractivity contribution in [2.24, 2.45) is 0 Å². The molecule has 2 aliphatic rings. The monoisotopic (exact) mass is 910 g/mol. The molecule has 12 heteroatoms. The Bertz CT molecular complexity index is 2640. The quantitative estimate of drug-likeness (QED) is 0.0898. The van der Waals surface area contributed by atoms with Crippen molar-refractivity contribution < 1.29 is 23.1 Å². The van der Waals surface area contributed by atoms with Crippen LogP contribution in [0.4, 0.5) is 5.69 Å². The Labute approximate surface area is 385 Å². The summed E-state index contributed by atoms with van der Waals surface area (Å²) in [6, 6.07) is 35.7. The fraction of sp³-hybridized carbons (Fsp3) is 0.327. The fourth-order valence-corrected chi connectivity index (χ4v) is 10.2. The summed E-state index contributed by atoms with van der Waals surface area (Å²) in [7, 11) is -4.74. The van der Waals surface area contributed by atoms with Gasteiger partial charge in [0, 0.05) is 67.0 Å². The van der Waals surface area contributed by atoms with Gasteiger partial charge in [0.2, 0.25) is 8.32 Å². The summed E-state index contributed by atoms with van der Waals surface area (Å²) in [5.74, 6) is 1.89. The van der Waals surface area contributed by atoms with E-state index < -0.39 is 28.2 Å². The molecular formula is C52H59ClN4O5Si2. The fourth-order valence-electron chi connectivity index (χ4n) is 7.83. The number of anilines is 1. The van der Waals surface area contributed by atoms with Gasteiger partial charge >= 0.3 is 5.97 Å². The Kier molecular flexibility index (Phi) is 12.1. The number of hydrogen-bond acceptors (Lipinski definition) is 9. The predicted molar refractivity (Wildman–Crippen MR) is 261 cm³/mol. The van der Waals surface area contributed by atoms with Gasteiger partial charge < -0.3 is 23.6 Å². The number of para-hydroxylation sites is 1. The number of carbonyl (C=O) groups excluding carboxylic acids is 1. The van der Waals surface area contributed by atoms with Crippen LogP contribution in [0, 0.1) is 0 Å². The molecule has 0 saturated heterocycles. The summed E-state index contributed by atoms with van der Waals surface area (Å²) < 4.78 is 27.9. The zero-order chi connectivity index (χ0) is 45.7. The van der Waals surface area contributed by atoms with Crippen molar-refractivity contribution in [1.29, 1.82) is 0 Å². The van der Waals surface area contributed by atoms with Gasteiger partial charge in [0.1, 0.15) is 23.0 Å². The van der Waals surface area contributed by atoms with E-state index in [-0.39, 0.29) is 10.1 Å². The number of pyridine rings is 2. The summed E-state index contributed by atoms with van der Waals surface area (Å²) in [4.78, 5) is 25.6. The number of ether oxygens (including phenoxy) is 2. The van der Waals surface area contributed by atoms with Crippen LogP contribution in [0.1, 0.15) is 91.1 Å². The van der Waals surface area contributed by atoms with Crippen molar-refractivity contribution in [3.8, 4) is 23.0 Å². The highest BCUT2D eigenvalue weighted by atomic mass is 35.5. The first-order chi connectivity index (χ1) is 30.3. The highest BCUT2D eigenvalue weighted by molar-refractivity contribution is 6.75. The maximum Gasteiger partial charge on any atom is 0.340 e. The van der Waals surface area contributed by atoms with E-state index in [0.29, 0.717) is 70.9 Å². The third kappa shape index (κ3) is 8.70. The highest BCUT2D eigenvalue weighted by Crippen LogP contribution is 2.59. The zero-order valence-electron chi connectivity index (χ0n) is 38.6. The molecule has 2 aliphatic heterocycles. The first-order valence-electron chi connectivity index (χ1n) is 22.0. The second-order valence-corrected chi connectivity index (χ2v) is 29.8. The molecule has 332 valence electrons. The molecule has 1 N–H and O–H groups in total. The number of esters is 1. The smallest absolute Gasteiger partial charge is 0.340 e. The molecule has 6 aromatic rings. The lowest BCUT2D eigenvalue weighted by molar-refractivity contribution is 0.0223. The number of benzene rings is 4. The molecule has 0 fully saturated rings. The number of nitrogens with one attached hydrogen (secondary N) is 1. The van der Waals surface area contributed by atoms with Crippen LogP contribution >= 0.6 is 11.6 Å². The van der Waals surface area contributed by atoms with Crippen molar-refractivity contribution in [2.75, 3.05) is 5.32 Å². The normalized spacial score (nSPS) is 15.8. The molecule has 0 amide bonds. The van der Waals surface area contributed by atoms with Crippen LogP contribution in [0.5, 0.6) is 23.0 Å². The maximum absolute atomic E-state index is 14.0. The summed E-state index contributed by atoms with van der Waals surface area (Å²) in [5, 5.41) is 4.07. The van der Waals surface area contributed by atoms with Crippen molar-refractivity contribution in [2.45, 2.75) is 110 Å². The Hall–Kier alpha value is -5.47. The molecule has 0 radical (unpaired) electrons. The minimum absolute atomic E-state index is 0.0835. The molecule has 4 heterocycles. The Morgan fingerprint density at radius 2 is 1.28 bits per heavy atom. The van der Waals surface area contributed by atoms with Gasteiger partial charge in [-0.3, -0.25) is 14.9 Å². The van der Waals surface area contributed by atoms with Crippen LogP contribution < -0.4 is 18.9 Å². The number of halogens is 1. The third-order valence-electron chi connectivity index (χ3n) is 13.4. The molecule has 8 rings (SSSR count). The van der Waals surface area contributed by atoms with E-state index in [1.807, 2.05) is 91.3 Å². The van der Waals surface area contributed by atoms with Gasteiger partial charge in [-0.25, -0.2) is 4.79 Å². The third-order valence-corrected chi connectivity index (χ3v) is 22.4. The van der Waals surface area contributed by atoms with E-state index in [1.165, 1.54) is 0 Å². The van der Waals surface area contributed by atoms with Crippen molar-refractivity contribution in [3.63, 3.8) is 0 Å². The Morgan fingerprint density at radius 1 is 0.688 bits per heavy atom. The van der Waals surface area contributed by atoms with E-state index in [0.717, 1.165) is 33.8 Å². The Balaban J connectivity index is 1.25. The lowest BCUT2D eigenvalue weighted by atomic mass is 9.77. The molecule has 0 bridgehead atoms. The van der Waals surface area contributed by atoms with E-state index in [4.69, 9.17) is 29.9 Å². The van der Waals surface area contributed by atoms with Gasteiger partial charge in [-0.15, -0.1) is 0 Å². The maximum atomic E-state index is 14.0. The molecule has 4 aromatic carbocycles. The van der Waals surface area contributed by atoms with Gasteiger partial charge in [0.05, 0.1) is 27.5 Å². The Morgan fingerprint density at radius 3 is 1.91 bits per heavy atom. The van der Waals surface area contributed by atoms with Crippen LogP contribution in [0.25, 0.3) is 0 Å². The van der Waals surface area contributed by atoms with E-state index in [9.17, 15) is 4.79 Å². The minimum atomic E-state index is -2.40. The molecule has 2 aromatic heterocycles. The van der Waals surface area contributed by atoms with E-state index in [1.54, 1.807) is 0 Å². The number of hydrogen-bond donors (Lipinski definition) is 1. The molecule has 0 saturated carbocycles. The van der Waals surface area contributed by atoms with Gasteiger partial charge in [0.15, 0.2) is 5.60 Å². The van der Waals surface area contributed by atoms with Gasteiger partial charge in [0.25, 0.3) is 8.32 Å². The highest BCUT2D eigenvalue weighted by Gasteiger charge is 2.55. The SMILES string of the molecule is CC(C)(C)[Si](C)(C)Oc1cc2c(cc1Cl)C1(OC(=O)c3ccccc31)c1ccc(O[Si](C)(C)C(C)(C)C)c(CNc3ccccc3CN(Cc3ccccn3)Cc3ccccn3)c1O2. The number of nitrogens with zero attached hydrogens (tertiary/aromatic N) is 3. The van der Waals surface area contributed by atoms with Crippen LogP contribution in [0.2, 0.25) is 41.3 Å². The topological polar surface area (TPSA) is 95.0 Å². The number of aromatic nitrogens is 2. The summed E-state index contributed by atoms with van der Waals surface area (Å²) >= 11 is 7.17. The van der Waals surface area contributed by atoms with Gasteiger partial charge in [-0.1, -0.05) is 102 Å². The van der Waals surface area contributed by atoms with Crippen molar-refractivity contribution >= 4 is 39.9 Å². The average Bonchev–Trinajstić information content (AvgIpc) is 3.53. The van der Waals surface area contributed by atoms with Crippen molar-refractivity contribution in [1.82, 2.24) is 14.9 Å². The van der Waals surface area contributed by atoms with E-state index >= 15 is 0 Å². The molecule has 0 aliphatic carbocycles. The number of fused-ring (bicyclic) bond motifs is 6. The predicted octanol–water partition coefficient (Wildman–Crippen LogP) is 13.3. The lowest BCUT2D eigenvalue weighted by Gasteiger charge is -2.41. The molecule has 1 atom stereocenters. The van der Waals surface area contributed by atoms with Crippen LogP contribution in [0.15, 0.2) is 122 Å². The van der Waals surface area contributed by atoms with Crippen LogP contribution in [-0.4, -0.2) is 37.5 Å². The number of rotatable bonds is 13. The summed E-state index contributed by atoms with van der Waals surface area (Å²) in [6.07, 6.45) is 3.67. The van der Waals surface area contributed by atoms with Crippen LogP contribution in [0.3, 0.4) is 0 Å². The minimum Gasteiger partial charge on any atom is -0.543 e. The lowest BCUT2D eigenvalue weighted by Crippen LogP contribution is -2.44. The molecule has 1 spiro atoms.